The Morgan fingerprint density at radius 1 is 0.351 bits per heavy atom. The van der Waals surface area contributed by atoms with Crippen LogP contribution in [0.1, 0.15) is 22.3 Å². The van der Waals surface area contributed by atoms with Gasteiger partial charge in [-0.2, -0.15) is 49.2 Å². The molecule has 0 atom stereocenters. The van der Waals surface area contributed by atoms with Crippen LogP contribution in [-0.4, -0.2) is 19.3 Å². The number of aromatic nitrogens is 2. The van der Waals surface area contributed by atoms with Gasteiger partial charge in [0, 0.05) is 21.5 Å². The summed E-state index contributed by atoms with van der Waals surface area (Å²) in [6.45, 7) is 11.5. The Morgan fingerprint density at radius 2 is 0.614 bits per heavy atom. The summed E-state index contributed by atoms with van der Waals surface area (Å²) in [7, 11) is 0. The van der Waals surface area contributed by atoms with Crippen molar-refractivity contribution in [2.75, 3.05) is 0 Å². The van der Waals surface area contributed by atoms with Gasteiger partial charge in [0.25, 0.3) is 0 Å². The molecule has 5 heteroatoms. The van der Waals surface area contributed by atoms with Gasteiger partial charge in [-0.1, -0.05) is 97.1 Å². The Kier molecular flexibility index (Phi) is 13.0. The van der Waals surface area contributed by atoms with Crippen molar-refractivity contribution < 1.29 is 36.4 Å². The second-order valence-corrected chi connectivity index (χ2v) is 13.7. The van der Waals surface area contributed by atoms with Crippen LogP contribution >= 0.6 is 0 Å². The van der Waals surface area contributed by atoms with E-state index in [0.717, 1.165) is 55.7 Å². The van der Waals surface area contributed by atoms with Crippen LogP contribution in [0, 0.1) is 27.7 Å². The van der Waals surface area contributed by atoms with Crippen LogP contribution in [-0.2, 0) is 26.2 Å². The van der Waals surface area contributed by atoms with Crippen LogP contribution in [0.25, 0.3) is 55.0 Å². The zero-order valence-corrected chi connectivity index (χ0v) is 34.6. The summed E-state index contributed by atoms with van der Waals surface area (Å²) >= 11 is 0. The van der Waals surface area contributed by atoms with Crippen LogP contribution < -0.4 is 0 Å². The minimum atomic E-state index is 0. The first kappa shape index (κ1) is 40.3. The molecule has 0 aliphatic heterocycles. The molecule has 2 aromatic heterocycles. The third-order valence-corrected chi connectivity index (χ3v) is 9.59. The predicted molar refractivity (Wildman–Crippen MR) is 236 cm³/mol. The zero-order valence-electron chi connectivity index (χ0n) is 32.2. The Hall–Kier alpha value is -6.42. The molecule has 0 unspecified atom stereocenters. The maximum absolute atomic E-state index is 10.3. The first-order chi connectivity index (χ1) is 27.3. The summed E-state index contributed by atoms with van der Waals surface area (Å²) in [5.74, 6) is 0.596. The number of hydrogen-bond donors (Lipinski definition) is 2. The molecule has 0 radical (unpaired) electrons. The van der Waals surface area contributed by atoms with E-state index in [2.05, 4.69) is 95.8 Å². The Balaban J connectivity index is 0.000000143. The van der Waals surface area contributed by atoms with Gasteiger partial charge in [0.1, 0.15) is 11.5 Å². The molecule has 10 aromatic rings. The van der Waals surface area contributed by atoms with Crippen molar-refractivity contribution in [3.8, 4) is 22.9 Å². The van der Waals surface area contributed by atoms with E-state index in [0.29, 0.717) is 11.5 Å². The SMILES string of the molecule is Cc1ccc(O)c(-n2c3ccccc3c3ccccc32)c1.Cc1ccc(O)c(-n2c3ccccc3c3ccccc32)c1.[CH2-]c1ccccc1.[CH2-]c1ccccc1.[Zr+2]. The minimum Gasteiger partial charge on any atom is -0.506 e. The largest absolute Gasteiger partial charge is 2.00 e. The number of benzene rings is 8. The topological polar surface area (TPSA) is 50.3 Å². The van der Waals surface area contributed by atoms with Gasteiger partial charge in [-0.25, -0.2) is 0 Å². The molecular weight excluding hydrogens is 776 g/mol. The van der Waals surface area contributed by atoms with E-state index < -0.39 is 0 Å². The predicted octanol–water partition coefficient (Wildman–Crippen LogP) is 13.3. The van der Waals surface area contributed by atoms with Crippen molar-refractivity contribution in [1.29, 1.82) is 0 Å². The number of phenols is 2. The molecule has 0 spiro atoms. The van der Waals surface area contributed by atoms with E-state index in [1.165, 1.54) is 21.5 Å². The number of nitrogens with zero attached hydrogens (tertiary/aromatic N) is 2. The number of aromatic hydroxyl groups is 2. The number of phenolic OH excluding ortho intramolecular Hbond substituents is 2. The van der Waals surface area contributed by atoms with Crippen molar-refractivity contribution in [2.45, 2.75) is 13.8 Å². The molecule has 57 heavy (non-hydrogen) atoms. The van der Waals surface area contributed by atoms with Gasteiger partial charge in [-0.3, -0.25) is 0 Å². The number of para-hydroxylation sites is 4. The van der Waals surface area contributed by atoms with Crippen LogP contribution in [0.3, 0.4) is 0 Å². The second kappa shape index (κ2) is 18.5. The monoisotopic (exact) mass is 818 g/mol. The number of rotatable bonds is 2. The molecule has 278 valence electrons. The van der Waals surface area contributed by atoms with Crippen molar-refractivity contribution in [1.82, 2.24) is 9.13 Å². The molecule has 10 rings (SSSR count). The molecule has 0 fully saturated rings. The molecular formula is C52H44N2O2Zr. The summed E-state index contributed by atoms with van der Waals surface area (Å²) in [6, 6.07) is 64.4. The van der Waals surface area contributed by atoms with E-state index in [4.69, 9.17) is 0 Å². The summed E-state index contributed by atoms with van der Waals surface area (Å²) in [5.41, 5.74) is 10.5. The van der Waals surface area contributed by atoms with Crippen LogP contribution in [0.5, 0.6) is 11.5 Å². The van der Waals surface area contributed by atoms with Gasteiger partial charge >= 0.3 is 26.2 Å². The van der Waals surface area contributed by atoms with Gasteiger partial charge < -0.3 is 19.3 Å². The number of fused-ring (bicyclic) bond motifs is 6. The fourth-order valence-corrected chi connectivity index (χ4v) is 6.95. The van der Waals surface area contributed by atoms with E-state index >= 15 is 0 Å². The van der Waals surface area contributed by atoms with Gasteiger partial charge in [-0.05, 0) is 73.5 Å². The molecule has 0 bridgehead atoms. The molecule has 2 heterocycles. The summed E-state index contributed by atoms with van der Waals surface area (Å²) in [6.07, 6.45) is 0. The van der Waals surface area contributed by atoms with Gasteiger partial charge in [0.15, 0.2) is 0 Å². The number of aryl methyl sites for hydroxylation is 2. The van der Waals surface area contributed by atoms with Crippen LogP contribution in [0.2, 0.25) is 0 Å². The standard InChI is InChI=1S/2C19H15NO.2C7H7.Zr/c2*1-13-10-11-19(21)18(12-13)20-16-8-4-2-6-14(16)15-7-3-5-9-17(15)20;2*1-7-5-3-2-4-6-7;/h2*2-12,21H,1H3;2*2-6H,1H2;/q;;2*-1;+2. The molecule has 4 nitrogen and oxygen atoms in total. The third kappa shape index (κ3) is 9.02. The molecule has 0 amide bonds. The molecule has 0 saturated carbocycles. The van der Waals surface area contributed by atoms with Gasteiger partial charge in [0.05, 0.1) is 33.4 Å². The third-order valence-electron chi connectivity index (χ3n) is 9.59. The smallest absolute Gasteiger partial charge is 0.506 e. The van der Waals surface area contributed by atoms with E-state index in [1.807, 2.05) is 123 Å². The van der Waals surface area contributed by atoms with Crippen molar-refractivity contribution in [3.05, 3.63) is 230 Å². The Bertz CT molecular complexity index is 2570. The quantitative estimate of drug-likeness (QED) is 0.171. The normalized spacial score (nSPS) is 10.4. The summed E-state index contributed by atoms with van der Waals surface area (Å²) in [5, 5.41) is 25.4. The average Bonchev–Trinajstić information content (AvgIpc) is 3.74. The van der Waals surface area contributed by atoms with Crippen molar-refractivity contribution >= 4 is 43.6 Å². The maximum Gasteiger partial charge on any atom is 2.00 e. The average molecular weight is 820 g/mol. The van der Waals surface area contributed by atoms with Crippen molar-refractivity contribution in [2.24, 2.45) is 0 Å². The molecule has 0 saturated heterocycles. The van der Waals surface area contributed by atoms with E-state index in [1.54, 1.807) is 12.1 Å². The van der Waals surface area contributed by atoms with Gasteiger partial charge in [0.2, 0.25) is 0 Å². The first-order valence-electron chi connectivity index (χ1n) is 18.6. The first-order valence-corrected chi connectivity index (χ1v) is 18.6. The van der Waals surface area contributed by atoms with Crippen LogP contribution in [0.4, 0.5) is 0 Å². The molecule has 2 N–H and O–H groups in total. The molecule has 8 aromatic carbocycles. The van der Waals surface area contributed by atoms with E-state index in [9.17, 15) is 10.2 Å². The Labute approximate surface area is 354 Å². The molecule has 0 aliphatic rings. The maximum atomic E-state index is 10.3. The molecule has 0 aliphatic carbocycles. The minimum absolute atomic E-state index is 0. The Morgan fingerprint density at radius 3 is 0.877 bits per heavy atom. The zero-order chi connectivity index (χ0) is 39.0. The summed E-state index contributed by atoms with van der Waals surface area (Å²) in [4.78, 5) is 0. The van der Waals surface area contributed by atoms with Gasteiger partial charge in [-0.15, -0.1) is 24.3 Å². The van der Waals surface area contributed by atoms with E-state index in [-0.39, 0.29) is 26.2 Å². The fourth-order valence-electron chi connectivity index (χ4n) is 6.95. The number of hydrogen-bond acceptors (Lipinski definition) is 2. The second-order valence-electron chi connectivity index (χ2n) is 13.7. The van der Waals surface area contributed by atoms with Crippen molar-refractivity contribution in [3.63, 3.8) is 0 Å². The van der Waals surface area contributed by atoms with Crippen LogP contribution in [0.15, 0.2) is 194 Å². The summed E-state index contributed by atoms with van der Waals surface area (Å²) < 4.78 is 4.26. The fraction of sp³-hybridized carbons (Fsp3) is 0.0385.